The van der Waals surface area contributed by atoms with Gasteiger partial charge in [-0.3, -0.25) is 4.57 Å². The lowest BCUT2D eigenvalue weighted by molar-refractivity contribution is 0.709. The summed E-state index contributed by atoms with van der Waals surface area (Å²) in [6.07, 6.45) is 2.01. The molecule has 1 aromatic rings. The smallest absolute Gasteiger partial charge is 0.341 e. The van der Waals surface area contributed by atoms with Crippen molar-refractivity contribution < 1.29 is 0 Å². The second kappa shape index (κ2) is 4.41. The van der Waals surface area contributed by atoms with Crippen molar-refractivity contribution >= 4 is 11.9 Å². The van der Waals surface area contributed by atoms with E-state index in [1.54, 1.807) is 0 Å². The summed E-state index contributed by atoms with van der Waals surface area (Å²) in [5.41, 5.74) is -0.338. The van der Waals surface area contributed by atoms with Crippen LogP contribution in [0, 0.1) is 11.5 Å². The van der Waals surface area contributed by atoms with Gasteiger partial charge in [0.2, 0.25) is 11.9 Å². The normalized spacial score (nSPS) is 13.4. The van der Waals surface area contributed by atoms with Crippen LogP contribution in [-0.4, -0.2) is 34.2 Å². The molecule has 0 saturated heterocycles. The van der Waals surface area contributed by atoms with Crippen molar-refractivity contribution in [1.82, 2.24) is 14.5 Å². The summed E-state index contributed by atoms with van der Waals surface area (Å²) in [5, 5.41) is 8.93. The first-order valence-corrected chi connectivity index (χ1v) is 5.62. The van der Waals surface area contributed by atoms with E-state index in [1.807, 2.05) is 24.9 Å². The van der Waals surface area contributed by atoms with Gasteiger partial charge in [0.25, 0.3) is 0 Å². The minimum atomic E-state index is -0.338. The molecule has 1 aromatic heterocycles. The molecule has 2 rings (SSSR count). The van der Waals surface area contributed by atoms with Gasteiger partial charge in [0, 0.05) is 19.6 Å². The van der Waals surface area contributed by atoms with Crippen LogP contribution in [0.4, 0.5) is 11.9 Å². The van der Waals surface area contributed by atoms with Crippen LogP contribution in [0.2, 0.25) is 0 Å². The van der Waals surface area contributed by atoms with E-state index >= 15 is 0 Å². The Balaban J connectivity index is 2.50. The average molecular weight is 234 g/mol. The third kappa shape index (κ3) is 1.82. The Hall–Kier alpha value is -2.10. The molecule has 0 amide bonds. The summed E-state index contributed by atoms with van der Waals surface area (Å²) < 4.78 is 1.43. The van der Waals surface area contributed by atoms with Crippen LogP contribution >= 0.6 is 0 Å². The lowest BCUT2D eigenvalue weighted by Gasteiger charge is -2.19. The lowest BCUT2D eigenvalue weighted by atomic mass is 10.5. The molecule has 1 aliphatic heterocycles. The van der Waals surface area contributed by atoms with Gasteiger partial charge in [0.15, 0.2) is 6.19 Å². The Morgan fingerprint density at radius 2 is 2.06 bits per heavy atom. The van der Waals surface area contributed by atoms with E-state index in [4.69, 9.17) is 5.26 Å². The van der Waals surface area contributed by atoms with Gasteiger partial charge in [0.1, 0.15) is 0 Å². The Labute approximate surface area is 98.9 Å². The highest BCUT2D eigenvalue weighted by Crippen LogP contribution is 2.17. The highest BCUT2D eigenvalue weighted by Gasteiger charge is 2.24. The molecule has 2 heterocycles. The van der Waals surface area contributed by atoms with Crippen molar-refractivity contribution in [3.63, 3.8) is 0 Å². The molecule has 90 valence electrons. The zero-order valence-corrected chi connectivity index (χ0v) is 9.92. The fourth-order valence-electron chi connectivity index (χ4n) is 1.85. The zero-order chi connectivity index (χ0) is 12.4. The van der Waals surface area contributed by atoms with Crippen LogP contribution in [0.15, 0.2) is 4.79 Å². The van der Waals surface area contributed by atoms with Gasteiger partial charge >= 0.3 is 5.69 Å². The van der Waals surface area contributed by atoms with E-state index in [9.17, 15) is 4.79 Å². The maximum absolute atomic E-state index is 11.8. The van der Waals surface area contributed by atoms with Gasteiger partial charge in [-0.05, 0) is 13.8 Å². The van der Waals surface area contributed by atoms with E-state index in [2.05, 4.69) is 9.97 Å². The van der Waals surface area contributed by atoms with Gasteiger partial charge in [-0.1, -0.05) is 0 Å². The van der Waals surface area contributed by atoms with Gasteiger partial charge in [-0.15, -0.1) is 0 Å². The molecule has 0 aromatic carbocycles. The molecule has 0 radical (unpaired) electrons. The van der Waals surface area contributed by atoms with Crippen molar-refractivity contribution in [3.8, 4) is 6.19 Å². The van der Waals surface area contributed by atoms with Gasteiger partial charge in [0.05, 0.1) is 6.54 Å². The summed E-state index contributed by atoms with van der Waals surface area (Å²) in [6.45, 7) is 6.36. The zero-order valence-electron chi connectivity index (χ0n) is 9.92. The molecule has 0 unspecified atom stereocenters. The standard InChI is InChI=1S/C10H14N6O/c1-3-14(4-2)8-12-9-15(7-11)5-6-16(9)10(17)13-8/h3-6H2,1-2H3. The van der Waals surface area contributed by atoms with Gasteiger partial charge < -0.3 is 4.90 Å². The summed E-state index contributed by atoms with van der Waals surface area (Å²) in [5.74, 6) is 0.794. The van der Waals surface area contributed by atoms with Gasteiger partial charge in [-0.25, -0.2) is 9.69 Å². The van der Waals surface area contributed by atoms with Crippen LogP contribution in [0.25, 0.3) is 0 Å². The highest BCUT2D eigenvalue weighted by atomic mass is 16.1. The van der Waals surface area contributed by atoms with Crippen LogP contribution in [0.3, 0.4) is 0 Å². The molecular weight excluding hydrogens is 220 g/mol. The number of hydrogen-bond acceptors (Lipinski definition) is 6. The topological polar surface area (TPSA) is 78.1 Å². The molecular formula is C10H14N6O. The first-order chi connectivity index (χ1) is 8.21. The molecule has 17 heavy (non-hydrogen) atoms. The number of fused-ring (bicyclic) bond motifs is 1. The Bertz CT molecular complexity index is 513. The van der Waals surface area contributed by atoms with Crippen molar-refractivity contribution in [2.75, 3.05) is 29.4 Å². The van der Waals surface area contributed by atoms with Crippen molar-refractivity contribution in [2.24, 2.45) is 0 Å². The summed E-state index contributed by atoms with van der Waals surface area (Å²) in [4.78, 5) is 23.3. The van der Waals surface area contributed by atoms with E-state index in [-0.39, 0.29) is 5.69 Å². The second-order valence-electron chi connectivity index (χ2n) is 3.68. The largest absolute Gasteiger partial charge is 0.353 e. The monoisotopic (exact) mass is 234 g/mol. The summed E-state index contributed by atoms with van der Waals surface area (Å²) in [6, 6.07) is 0. The second-order valence-corrected chi connectivity index (χ2v) is 3.68. The van der Waals surface area contributed by atoms with Crippen LogP contribution in [0.1, 0.15) is 13.8 Å². The fraction of sp³-hybridized carbons (Fsp3) is 0.600. The van der Waals surface area contributed by atoms with Gasteiger partial charge in [-0.2, -0.15) is 15.2 Å². The third-order valence-corrected chi connectivity index (χ3v) is 2.82. The van der Waals surface area contributed by atoms with Crippen molar-refractivity contribution in [1.29, 1.82) is 5.26 Å². The van der Waals surface area contributed by atoms with E-state index in [0.717, 1.165) is 13.1 Å². The minimum absolute atomic E-state index is 0.338. The van der Waals surface area contributed by atoms with Crippen molar-refractivity contribution in [3.05, 3.63) is 10.5 Å². The minimum Gasteiger partial charge on any atom is -0.341 e. The Morgan fingerprint density at radius 1 is 1.35 bits per heavy atom. The summed E-state index contributed by atoms with van der Waals surface area (Å²) >= 11 is 0. The molecule has 0 bridgehead atoms. The van der Waals surface area contributed by atoms with Crippen LogP contribution in [-0.2, 0) is 6.54 Å². The average Bonchev–Trinajstić information content (AvgIpc) is 2.74. The predicted octanol–water partition coefficient (Wildman–Crippen LogP) is -0.214. The molecule has 7 nitrogen and oxygen atoms in total. The number of hydrogen-bond donors (Lipinski definition) is 0. The van der Waals surface area contributed by atoms with E-state index in [1.165, 1.54) is 9.47 Å². The van der Waals surface area contributed by atoms with Crippen LogP contribution < -0.4 is 15.5 Å². The number of anilines is 2. The molecule has 0 aliphatic carbocycles. The fourth-order valence-corrected chi connectivity index (χ4v) is 1.85. The predicted molar refractivity (Wildman–Crippen MR) is 62.8 cm³/mol. The highest BCUT2D eigenvalue weighted by molar-refractivity contribution is 5.44. The van der Waals surface area contributed by atoms with E-state index < -0.39 is 0 Å². The lowest BCUT2D eigenvalue weighted by Crippen LogP contribution is -2.31. The molecule has 7 heteroatoms. The molecule has 0 spiro atoms. The maximum atomic E-state index is 11.8. The van der Waals surface area contributed by atoms with Crippen LogP contribution in [0.5, 0.6) is 0 Å². The molecule has 0 N–H and O–H groups in total. The van der Waals surface area contributed by atoms with E-state index in [0.29, 0.717) is 25.0 Å². The quantitative estimate of drug-likeness (QED) is 0.673. The number of nitriles is 1. The molecule has 1 aliphatic rings. The maximum Gasteiger partial charge on any atom is 0.353 e. The first-order valence-electron chi connectivity index (χ1n) is 5.62. The SMILES string of the molecule is CCN(CC)c1nc2n(c(=O)n1)CCN2C#N. The first kappa shape index (κ1) is 11.4. The Morgan fingerprint density at radius 3 is 2.65 bits per heavy atom. The summed E-state index contributed by atoms with van der Waals surface area (Å²) in [7, 11) is 0. The third-order valence-electron chi connectivity index (χ3n) is 2.82. The number of rotatable bonds is 3. The van der Waals surface area contributed by atoms with Crippen molar-refractivity contribution in [2.45, 2.75) is 20.4 Å². The molecule has 0 atom stereocenters. The number of aromatic nitrogens is 3. The number of nitrogens with zero attached hydrogens (tertiary/aromatic N) is 6. The molecule has 0 saturated carbocycles. The molecule has 0 fully saturated rings. The Kier molecular flexibility index (Phi) is 2.95.